The highest BCUT2D eigenvalue weighted by atomic mass is 32.2. The largest absolute Gasteiger partial charge is 0.481 e. The zero-order valence-electron chi connectivity index (χ0n) is 10.2. The van der Waals surface area contributed by atoms with Gasteiger partial charge < -0.3 is 10.4 Å². The van der Waals surface area contributed by atoms with Gasteiger partial charge in [0.15, 0.2) is 0 Å². The maximum absolute atomic E-state index is 12.9. The van der Waals surface area contributed by atoms with Crippen molar-refractivity contribution in [1.29, 1.82) is 0 Å². The van der Waals surface area contributed by atoms with E-state index in [1.54, 1.807) is 12.1 Å². The summed E-state index contributed by atoms with van der Waals surface area (Å²) in [6.07, 6.45) is 1.81. The molecule has 0 atom stereocenters. The fourth-order valence-corrected chi connectivity index (χ4v) is 2.15. The standard InChI is InChI=1S/C13H18FNO2S/c14-12-5-1-3-11(9-12)4-2-6-15-7-8-18-10-13(16)17/h1,3,5,9,15H,2,4,6-8,10H2,(H,16,17). The van der Waals surface area contributed by atoms with Crippen molar-refractivity contribution in [3.8, 4) is 0 Å². The second-order valence-electron chi connectivity index (χ2n) is 3.93. The molecule has 3 nitrogen and oxygen atoms in total. The fraction of sp³-hybridized carbons (Fsp3) is 0.462. The summed E-state index contributed by atoms with van der Waals surface area (Å²) < 4.78 is 12.9. The molecule has 0 saturated heterocycles. The molecule has 0 unspecified atom stereocenters. The number of rotatable bonds is 9. The first-order chi connectivity index (χ1) is 8.68. The highest BCUT2D eigenvalue weighted by molar-refractivity contribution is 7.99. The van der Waals surface area contributed by atoms with Gasteiger partial charge >= 0.3 is 5.97 Å². The van der Waals surface area contributed by atoms with Gasteiger partial charge in [0.25, 0.3) is 0 Å². The molecule has 0 radical (unpaired) electrons. The Morgan fingerprint density at radius 3 is 2.94 bits per heavy atom. The third-order valence-corrected chi connectivity index (χ3v) is 3.30. The summed E-state index contributed by atoms with van der Waals surface area (Å²) in [7, 11) is 0. The van der Waals surface area contributed by atoms with Crippen molar-refractivity contribution in [1.82, 2.24) is 5.32 Å². The Hall–Kier alpha value is -1.07. The second kappa shape index (κ2) is 8.94. The number of hydrogen-bond donors (Lipinski definition) is 2. The summed E-state index contributed by atoms with van der Waals surface area (Å²) in [4.78, 5) is 10.2. The van der Waals surface area contributed by atoms with Crippen LogP contribution < -0.4 is 5.32 Å². The Labute approximate surface area is 111 Å². The van der Waals surface area contributed by atoms with Crippen LogP contribution >= 0.6 is 11.8 Å². The fourth-order valence-electron chi connectivity index (χ4n) is 1.54. The molecule has 1 aromatic carbocycles. The molecule has 0 saturated carbocycles. The van der Waals surface area contributed by atoms with E-state index < -0.39 is 5.97 Å². The van der Waals surface area contributed by atoms with Gasteiger partial charge in [0.05, 0.1) is 5.75 Å². The highest BCUT2D eigenvalue weighted by Crippen LogP contribution is 2.05. The van der Waals surface area contributed by atoms with Gasteiger partial charge in [-0.25, -0.2) is 4.39 Å². The Balaban J connectivity index is 1.97. The number of aryl methyl sites for hydroxylation is 1. The van der Waals surface area contributed by atoms with E-state index in [1.165, 1.54) is 17.8 Å². The first-order valence-electron chi connectivity index (χ1n) is 5.93. The van der Waals surface area contributed by atoms with Gasteiger partial charge in [-0.3, -0.25) is 4.79 Å². The summed E-state index contributed by atoms with van der Waals surface area (Å²) in [6.45, 7) is 1.67. The van der Waals surface area contributed by atoms with Crippen molar-refractivity contribution in [3.05, 3.63) is 35.6 Å². The topological polar surface area (TPSA) is 49.3 Å². The molecule has 0 bridgehead atoms. The predicted octanol–water partition coefficient (Wildman–Crippen LogP) is 2.17. The van der Waals surface area contributed by atoms with Crippen LogP contribution in [0.15, 0.2) is 24.3 Å². The zero-order valence-corrected chi connectivity index (χ0v) is 11.0. The molecular weight excluding hydrogens is 253 g/mol. The monoisotopic (exact) mass is 271 g/mol. The van der Waals surface area contributed by atoms with Crippen molar-refractivity contribution in [2.75, 3.05) is 24.6 Å². The molecule has 1 rings (SSSR count). The molecule has 2 N–H and O–H groups in total. The summed E-state index contributed by atoms with van der Waals surface area (Å²) in [5.41, 5.74) is 1.01. The van der Waals surface area contributed by atoms with E-state index in [-0.39, 0.29) is 11.6 Å². The normalized spacial score (nSPS) is 10.5. The molecule has 0 fully saturated rings. The molecule has 0 aromatic heterocycles. The zero-order chi connectivity index (χ0) is 13.2. The molecule has 5 heteroatoms. The lowest BCUT2D eigenvalue weighted by Gasteiger charge is -2.04. The summed E-state index contributed by atoms with van der Waals surface area (Å²) >= 11 is 1.41. The third-order valence-electron chi connectivity index (χ3n) is 2.36. The first-order valence-corrected chi connectivity index (χ1v) is 7.08. The number of carboxylic acid groups (broad SMARTS) is 1. The molecule has 100 valence electrons. The van der Waals surface area contributed by atoms with E-state index in [9.17, 15) is 9.18 Å². The van der Waals surface area contributed by atoms with Crippen molar-refractivity contribution in [3.63, 3.8) is 0 Å². The van der Waals surface area contributed by atoms with Crippen LogP contribution in [0.2, 0.25) is 0 Å². The minimum absolute atomic E-state index is 0.158. The van der Waals surface area contributed by atoms with Gasteiger partial charge in [-0.1, -0.05) is 12.1 Å². The Bertz CT molecular complexity index is 374. The van der Waals surface area contributed by atoms with Crippen molar-refractivity contribution >= 4 is 17.7 Å². The van der Waals surface area contributed by atoms with Gasteiger partial charge in [-0.2, -0.15) is 0 Å². The van der Waals surface area contributed by atoms with Crippen molar-refractivity contribution < 1.29 is 14.3 Å². The van der Waals surface area contributed by atoms with Gasteiger partial charge in [-0.15, -0.1) is 11.8 Å². The lowest BCUT2D eigenvalue weighted by Crippen LogP contribution is -2.19. The van der Waals surface area contributed by atoms with Crippen LogP contribution in [-0.4, -0.2) is 35.7 Å². The van der Waals surface area contributed by atoms with Crippen LogP contribution in [0, 0.1) is 5.82 Å². The molecular formula is C13H18FNO2S. The van der Waals surface area contributed by atoms with Gasteiger partial charge in [0.1, 0.15) is 5.82 Å². The number of carboxylic acids is 1. The first kappa shape index (κ1) is 15.0. The summed E-state index contributed by atoms with van der Waals surface area (Å²) in [5.74, 6) is -0.00586. The van der Waals surface area contributed by atoms with Gasteiger partial charge in [0, 0.05) is 12.3 Å². The highest BCUT2D eigenvalue weighted by Gasteiger charge is 1.97. The number of halogens is 1. The maximum Gasteiger partial charge on any atom is 0.313 e. The molecule has 0 aliphatic heterocycles. The molecule has 0 aliphatic rings. The third kappa shape index (κ3) is 7.29. The lowest BCUT2D eigenvalue weighted by molar-refractivity contribution is -0.133. The van der Waals surface area contributed by atoms with Crippen LogP contribution in [0.4, 0.5) is 4.39 Å². The Morgan fingerprint density at radius 1 is 1.39 bits per heavy atom. The summed E-state index contributed by atoms with van der Waals surface area (Å²) in [5, 5.41) is 11.7. The molecule has 0 amide bonds. The molecule has 18 heavy (non-hydrogen) atoms. The van der Waals surface area contributed by atoms with Gasteiger partial charge in [-0.05, 0) is 37.1 Å². The molecule has 0 aliphatic carbocycles. The average Bonchev–Trinajstić information content (AvgIpc) is 2.32. The number of nitrogens with one attached hydrogen (secondary N) is 1. The van der Waals surface area contributed by atoms with E-state index in [0.29, 0.717) is 0 Å². The number of thioether (sulfide) groups is 1. The van der Waals surface area contributed by atoms with E-state index in [2.05, 4.69) is 5.32 Å². The summed E-state index contributed by atoms with van der Waals surface area (Å²) in [6, 6.07) is 6.65. The Morgan fingerprint density at radius 2 is 2.22 bits per heavy atom. The van der Waals surface area contributed by atoms with Crippen LogP contribution in [-0.2, 0) is 11.2 Å². The number of benzene rings is 1. The van der Waals surface area contributed by atoms with Crippen LogP contribution in [0.25, 0.3) is 0 Å². The second-order valence-corrected chi connectivity index (χ2v) is 5.03. The van der Waals surface area contributed by atoms with E-state index in [0.717, 1.165) is 37.2 Å². The van der Waals surface area contributed by atoms with E-state index >= 15 is 0 Å². The van der Waals surface area contributed by atoms with Crippen LogP contribution in [0.1, 0.15) is 12.0 Å². The van der Waals surface area contributed by atoms with Crippen molar-refractivity contribution in [2.45, 2.75) is 12.8 Å². The Kier molecular flexibility index (Phi) is 7.44. The minimum atomic E-state index is -0.772. The van der Waals surface area contributed by atoms with Gasteiger partial charge in [0.2, 0.25) is 0 Å². The number of hydrogen-bond acceptors (Lipinski definition) is 3. The molecule has 0 heterocycles. The molecule has 0 spiro atoms. The number of aliphatic carboxylic acids is 1. The van der Waals surface area contributed by atoms with Crippen LogP contribution in [0.3, 0.4) is 0 Å². The quantitative estimate of drug-likeness (QED) is 0.676. The van der Waals surface area contributed by atoms with E-state index in [1.807, 2.05) is 6.07 Å². The SMILES string of the molecule is O=C(O)CSCCNCCCc1cccc(F)c1. The van der Waals surface area contributed by atoms with Crippen LogP contribution in [0.5, 0.6) is 0 Å². The predicted molar refractivity (Wildman–Crippen MR) is 72.6 cm³/mol. The maximum atomic E-state index is 12.9. The number of carbonyl (C=O) groups is 1. The van der Waals surface area contributed by atoms with Crippen molar-refractivity contribution in [2.24, 2.45) is 0 Å². The minimum Gasteiger partial charge on any atom is -0.481 e. The lowest BCUT2D eigenvalue weighted by atomic mass is 10.1. The smallest absolute Gasteiger partial charge is 0.313 e. The van der Waals surface area contributed by atoms with E-state index in [4.69, 9.17) is 5.11 Å². The average molecular weight is 271 g/mol. The molecule has 1 aromatic rings.